The first kappa shape index (κ1) is 11.9. The Morgan fingerprint density at radius 1 is 1.41 bits per heavy atom. The molecule has 1 aromatic heterocycles. The lowest BCUT2D eigenvalue weighted by molar-refractivity contribution is 0.615. The minimum absolute atomic E-state index is 0.248. The second-order valence-electron chi connectivity index (χ2n) is 3.73. The van der Waals surface area contributed by atoms with Crippen LogP contribution in [-0.2, 0) is 6.54 Å². The van der Waals surface area contributed by atoms with Crippen LogP contribution in [0.3, 0.4) is 0 Å². The van der Waals surface area contributed by atoms with Crippen LogP contribution in [0.2, 0.25) is 5.02 Å². The van der Waals surface area contributed by atoms with E-state index >= 15 is 0 Å². The average Bonchev–Trinajstić information content (AvgIpc) is 2.61. The van der Waals surface area contributed by atoms with Crippen molar-refractivity contribution in [2.75, 3.05) is 11.9 Å². The van der Waals surface area contributed by atoms with Gasteiger partial charge in [0.2, 0.25) is 0 Å². The lowest BCUT2D eigenvalue weighted by Crippen LogP contribution is -2.11. The van der Waals surface area contributed by atoms with Gasteiger partial charge < -0.3 is 5.32 Å². The molecule has 0 bridgehead atoms. The zero-order valence-corrected chi connectivity index (χ0v) is 10.2. The Kier molecular flexibility index (Phi) is 3.64. The number of benzene rings is 1. The van der Waals surface area contributed by atoms with Gasteiger partial charge in [-0.3, -0.25) is 4.68 Å². The lowest BCUT2D eigenvalue weighted by Gasteiger charge is -2.07. The van der Waals surface area contributed by atoms with Crippen LogP contribution in [0.15, 0.2) is 30.5 Å². The van der Waals surface area contributed by atoms with Gasteiger partial charge in [0.15, 0.2) is 0 Å². The summed E-state index contributed by atoms with van der Waals surface area (Å²) in [4.78, 5) is 0. The van der Waals surface area contributed by atoms with E-state index in [9.17, 15) is 4.39 Å². The normalized spacial score (nSPS) is 10.5. The largest absolute Gasteiger partial charge is 0.381 e. The Morgan fingerprint density at radius 2 is 2.18 bits per heavy atom. The van der Waals surface area contributed by atoms with Crippen molar-refractivity contribution in [3.63, 3.8) is 0 Å². The van der Waals surface area contributed by atoms with Gasteiger partial charge in [0.25, 0.3) is 0 Å². The van der Waals surface area contributed by atoms with E-state index in [1.165, 1.54) is 6.07 Å². The van der Waals surface area contributed by atoms with Crippen LogP contribution in [0.5, 0.6) is 0 Å². The van der Waals surface area contributed by atoms with Gasteiger partial charge in [-0.1, -0.05) is 23.7 Å². The topological polar surface area (TPSA) is 29.9 Å². The first-order valence-corrected chi connectivity index (χ1v) is 5.72. The third-order valence-corrected chi connectivity index (χ3v) is 2.79. The molecule has 3 nitrogen and oxygen atoms in total. The monoisotopic (exact) mass is 253 g/mol. The average molecular weight is 254 g/mol. The van der Waals surface area contributed by atoms with E-state index in [0.717, 1.165) is 5.69 Å². The second-order valence-corrected chi connectivity index (χ2v) is 4.14. The molecule has 0 amide bonds. The maximum Gasteiger partial charge on any atom is 0.146 e. The first-order chi connectivity index (χ1) is 8.16. The summed E-state index contributed by atoms with van der Waals surface area (Å²) in [6, 6.07) is 6.59. The highest BCUT2D eigenvalue weighted by Gasteiger charge is 2.02. The Balaban J connectivity index is 1.90. The van der Waals surface area contributed by atoms with Crippen molar-refractivity contribution in [1.82, 2.24) is 9.78 Å². The van der Waals surface area contributed by atoms with E-state index in [4.69, 9.17) is 11.6 Å². The molecule has 0 aliphatic carbocycles. The molecule has 1 heterocycles. The summed E-state index contributed by atoms with van der Waals surface area (Å²) in [5, 5.41) is 7.87. The Bertz CT molecular complexity index is 491. The fourth-order valence-corrected chi connectivity index (χ4v) is 1.67. The van der Waals surface area contributed by atoms with Crippen molar-refractivity contribution in [3.05, 3.63) is 47.0 Å². The van der Waals surface area contributed by atoms with Gasteiger partial charge in [0.1, 0.15) is 5.82 Å². The van der Waals surface area contributed by atoms with E-state index in [1.54, 1.807) is 29.1 Å². The van der Waals surface area contributed by atoms with Crippen LogP contribution in [0.1, 0.15) is 5.69 Å². The maximum absolute atomic E-state index is 13.3. The molecule has 17 heavy (non-hydrogen) atoms. The zero-order chi connectivity index (χ0) is 12.3. The minimum Gasteiger partial charge on any atom is -0.381 e. The number of hydrogen-bond acceptors (Lipinski definition) is 2. The number of halogens is 2. The number of anilines is 1. The fourth-order valence-electron chi connectivity index (χ4n) is 1.52. The summed E-state index contributed by atoms with van der Waals surface area (Å²) in [6.07, 6.45) is 1.76. The van der Waals surface area contributed by atoms with E-state index in [0.29, 0.717) is 23.8 Å². The molecule has 0 saturated carbocycles. The van der Waals surface area contributed by atoms with Crippen LogP contribution in [0.25, 0.3) is 0 Å². The van der Waals surface area contributed by atoms with Crippen molar-refractivity contribution in [2.24, 2.45) is 0 Å². The Labute approximate surface area is 104 Å². The van der Waals surface area contributed by atoms with Gasteiger partial charge in [-0.25, -0.2) is 4.39 Å². The van der Waals surface area contributed by atoms with Crippen LogP contribution in [0.4, 0.5) is 10.1 Å². The lowest BCUT2D eigenvalue weighted by atomic mass is 10.3. The summed E-state index contributed by atoms with van der Waals surface area (Å²) < 4.78 is 15.0. The predicted molar refractivity (Wildman–Crippen MR) is 66.9 cm³/mol. The molecule has 0 atom stereocenters. The van der Waals surface area contributed by atoms with E-state index in [1.807, 2.05) is 6.92 Å². The van der Waals surface area contributed by atoms with Gasteiger partial charge in [-0.15, -0.1) is 0 Å². The van der Waals surface area contributed by atoms with Crippen molar-refractivity contribution in [3.8, 4) is 0 Å². The molecule has 0 radical (unpaired) electrons. The Morgan fingerprint density at radius 3 is 2.82 bits per heavy atom. The number of hydrogen-bond donors (Lipinski definition) is 1. The zero-order valence-electron chi connectivity index (χ0n) is 9.45. The van der Waals surface area contributed by atoms with Gasteiger partial charge in [-0.05, 0) is 19.1 Å². The second kappa shape index (κ2) is 5.19. The molecule has 1 aromatic carbocycles. The van der Waals surface area contributed by atoms with Gasteiger partial charge in [0, 0.05) is 12.7 Å². The standard InChI is InChI=1S/C12H13ClFN3/c1-9-10(13)8-17(16-9)7-6-15-12-5-3-2-4-11(12)14/h2-5,8,15H,6-7H2,1H3. The minimum atomic E-state index is -0.248. The Hall–Kier alpha value is -1.55. The molecule has 2 rings (SSSR count). The van der Waals surface area contributed by atoms with Gasteiger partial charge >= 0.3 is 0 Å². The summed E-state index contributed by atoms with van der Waals surface area (Å²) in [7, 11) is 0. The maximum atomic E-state index is 13.3. The first-order valence-electron chi connectivity index (χ1n) is 5.35. The molecule has 5 heteroatoms. The number of aromatic nitrogens is 2. The molecule has 1 N–H and O–H groups in total. The number of nitrogens with one attached hydrogen (secondary N) is 1. The number of aryl methyl sites for hydroxylation is 1. The molecule has 0 spiro atoms. The summed E-state index contributed by atoms with van der Waals surface area (Å²) in [5.74, 6) is -0.248. The predicted octanol–water partition coefficient (Wildman–Crippen LogP) is 3.10. The summed E-state index contributed by atoms with van der Waals surface area (Å²) in [6.45, 7) is 3.09. The van der Waals surface area contributed by atoms with Crippen molar-refractivity contribution < 1.29 is 4.39 Å². The smallest absolute Gasteiger partial charge is 0.146 e. The molecule has 0 fully saturated rings. The molecular weight excluding hydrogens is 241 g/mol. The van der Waals surface area contributed by atoms with Crippen molar-refractivity contribution in [2.45, 2.75) is 13.5 Å². The molecule has 0 saturated heterocycles. The summed E-state index contributed by atoms with van der Waals surface area (Å²) >= 11 is 5.89. The highest BCUT2D eigenvalue weighted by Crippen LogP contribution is 2.13. The number of rotatable bonds is 4. The van der Waals surface area contributed by atoms with Crippen LogP contribution < -0.4 is 5.32 Å². The van der Waals surface area contributed by atoms with Crippen LogP contribution in [-0.4, -0.2) is 16.3 Å². The quantitative estimate of drug-likeness (QED) is 0.908. The van der Waals surface area contributed by atoms with Crippen molar-refractivity contribution >= 4 is 17.3 Å². The molecule has 90 valence electrons. The molecule has 0 aliphatic rings. The highest BCUT2D eigenvalue weighted by molar-refractivity contribution is 6.31. The SMILES string of the molecule is Cc1nn(CCNc2ccccc2F)cc1Cl. The van der Waals surface area contributed by atoms with Gasteiger partial charge in [0.05, 0.1) is 22.9 Å². The van der Waals surface area contributed by atoms with Crippen LogP contribution in [0, 0.1) is 12.7 Å². The highest BCUT2D eigenvalue weighted by atomic mass is 35.5. The van der Waals surface area contributed by atoms with Gasteiger partial charge in [-0.2, -0.15) is 5.10 Å². The van der Waals surface area contributed by atoms with Crippen molar-refractivity contribution in [1.29, 1.82) is 0 Å². The molecule has 0 unspecified atom stereocenters. The third-order valence-electron chi connectivity index (χ3n) is 2.42. The number of nitrogens with zero attached hydrogens (tertiary/aromatic N) is 2. The summed E-state index contributed by atoms with van der Waals surface area (Å²) in [5.41, 5.74) is 1.31. The fraction of sp³-hybridized carbons (Fsp3) is 0.250. The molecule has 2 aromatic rings. The van der Waals surface area contributed by atoms with Crippen LogP contribution >= 0.6 is 11.6 Å². The molecular formula is C12H13ClFN3. The molecule has 0 aliphatic heterocycles. The third kappa shape index (κ3) is 2.97. The van der Waals surface area contributed by atoms with E-state index in [-0.39, 0.29) is 5.82 Å². The number of para-hydroxylation sites is 1. The van der Waals surface area contributed by atoms with E-state index in [2.05, 4.69) is 10.4 Å². The van der Waals surface area contributed by atoms with E-state index < -0.39 is 0 Å².